The van der Waals surface area contributed by atoms with Crippen molar-refractivity contribution in [3.8, 4) is 22.8 Å². The Balaban J connectivity index is 1.52. The van der Waals surface area contributed by atoms with Crippen molar-refractivity contribution in [2.45, 2.75) is 27.7 Å². The monoisotopic (exact) mass is 507 g/mol. The van der Waals surface area contributed by atoms with E-state index in [-0.39, 0.29) is 5.41 Å². The molecule has 0 amide bonds. The minimum absolute atomic E-state index is 0.0664. The zero-order chi connectivity index (χ0) is 26.2. The molecule has 5 aromatic heterocycles. The van der Waals surface area contributed by atoms with E-state index >= 15 is 0 Å². The maximum atomic E-state index is 4.95. The van der Waals surface area contributed by atoms with Gasteiger partial charge in [0.15, 0.2) is 5.82 Å². The molecule has 0 bridgehead atoms. The lowest BCUT2D eigenvalue weighted by Crippen LogP contribution is -2.15. The van der Waals surface area contributed by atoms with E-state index in [1.807, 2.05) is 25.1 Å². The van der Waals surface area contributed by atoms with E-state index in [0.717, 1.165) is 61.8 Å². The van der Waals surface area contributed by atoms with Gasteiger partial charge in [0.25, 0.3) is 0 Å². The molecule has 0 fully saturated rings. The first kappa shape index (κ1) is 24.4. The minimum Gasteiger partial charge on any atom is -0.358 e. The Bertz CT molecular complexity index is 1630. The van der Waals surface area contributed by atoms with Crippen LogP contribution >= 0.6 is 11.3 Å². The number of H-pyrrole nitrogens is 2. The maximum absolute atomic E-state index is 4.95. The lowest BCUT2D eigenvalue weighted by Gasteiger charge is -2.23. The van der Waals surface area contributed by atoms with Gasteiger partial charge in [0, 0.05) is 39.5 Å². The normalized spacial score (nSPS) is 12.2. The van der Waals surface area contributed by atoms with Crippen LogP contribution in [0.5, 0.6) is 0 Å². The Morgan fingerprint density at radius 1 is 1.16 bits per heavy atom. The molecule has 0 spiro atoms. The van der Waals surface area contributed by atoms with Gasteiger partial charge < -0.3 is 10.3 Å². The van der Waals surface area contributed by atoms with Crippen LogP contribution in [0.2, 0.25) is 0 Å². The number of thiophene rings is 1. The third-order valence-electron chi connectivity index (χ3n) is 6.16. The van der Waals surface area contributed by atoms with E-state index in [4.69, 9.17) is 4.98 Å². The molecule has 3 N–H and O–H groups in total. The van der Waals surface area contributed by atoms with E-state index in [1.54, 1.807) is 36.0 Å². The molecule has 0 radical (unpaired) electrons. The molecule has 0 saturated carbocycles. The standard InChI is InChI=1S/C29H29N7S/c1-7-8-22(19-9-10-37-16-19)26-17(2)32-28(34-26)27-23-12-24(31-15-25(23)35-36-27)20-11-21(14-30-13-20)33-18(3)29(4,5)6/h7-16,33H,1,3H2,2,4-6H3,(H,32,34)(H,35,36)/b22-8-. The number of nitrogens with one attached hydrogen (secondary N) is 3. The number of rotatable bonds is 7. The molecule has 7 nitrogen and oxygen atoms in total. The summed E-state index contributed by atoms with van der Waals surface area (Å²) < 4.78 is 0. The average Bonchev–Trinajstić information content (AvgIpc) is 3.62. The van der Waals surface area contributed by atoms with Crippen LogP contribution in [0.15, 0.2) is 78.6 Å². The van der Waals surface area contributed by atoms with Gasteiger partial charge in [-0.15, -0.1) is 0 Å². The summed E-state index contributed by atoms with van der Waals surface area (Å²) in [6, 6.07) is 6.13. The predicted molar refractivity (Wildman–Crippen MR) is 153 cm³/mol. The number of pyridine rings is 2. The van der Waals surface area contributed by atoms with E-state index in [9.17, 15) is 0 Å². The predicted octanol–water partition coefficient (Wildman–Crippen LogP) is 7.37. The van der Waals surface area contributed by atoms with Crippen molar-refractivity contribution >= 4 is 33.5 Å². The van der Waals surface area contributed by atoms with Crippen molar-refractivity contribution in [3.05, 3.63) is 95.5 Å². The van der Waals surface area contributed by atoms with Crippen molar-refractivity contribution in [1.82, 2.24) is 30.1 Å². The summed E-state index contributed by atoms with van der Waals surface area (Å²) in [5.74, 6) is 0.691. The van der Waals surface area contributed by atoms with Gasteiger partial charge in [-0.3, -0.25) is 15.1 Å². The molecule has 186 valence electrons. The fourth-order valence-electron chi connectivity index (χ4n) is 3.95. The van der Waals surface area contributed by atoms with Crippen molar-refractivity contribution in [2.75, 3.05) is 5.32 Å². The van der Waals surface area contributed by atoms with Gasteiger partial charge in [-0.05, 0) is 41.4 Å². The topological polar surface area (TPSA) is 95.2 Å². The fourth-order valence-corrected chi connectivity index (χ4v) is 4.60. The molecular formula is C29H29N7S. The Morgan fingerprint density at radius 3 is 2.73 bits per heavy atom. The summed E-state index contributed by atoms with van der Waals surface area (Å²) in [4.78, 5) is 17.4. The maximum Gasteiger partial charge on any atom is 0.159 e. The number of anilines is 1. The molecule has 0 aliphatic rings. The third kappa shape index (κ3) is 4.88. The number of nitrogens with zero attached hydrogens (tertiary/aromatic N) is 4. The Hall–Kier alpha value is -4.30. The van der Waals surface area contributed by atoms with E-state index in [1.165, 1.54) is 0 Å². The molecule has 5 aromatic rings. The molecule has 8 heteroatoms. The highest BCUT2D eigenvalue weighted by atomic mass is 32.1. The first-order chi connectivity index (χ1) is 17.7. The Morgan fingerprint density at radius 2 is 2.00 bits per heavy atom. The molecule has 37 heavy (non-hydrogen) atoms. The van der Waals surface area contributed by atoms with Crippen LogP contribution in [0.1, 0.15) is 37.7 Å². The van der Waals surface area contributed by atoms with Crippen LogP contribution in [0.3, 0.4) is 0 Å². The number of allylic oxidation sites excluding steroid dienone is 3. The summed E-state index contributed by atoms with van der Waals surface area (Å²) in [5, 5.41) is 16.1. The summed E-state index contributed by atoms with van der Waals surface area (Å²) in [5.41, 5.74) is 8.94. The molecule has 0 atom stereocenters. The second-order valence-corrected chi connectivity index (χ2v) is 10.7. The average molecular weight is 508 g/mol. The lowest BCUT2D eigenvalue weighted by atomic mass is 9.93. The van der Waals surface area contributed by atoms with Gasteiger partial charge in [0.1, 0.15) is 5.69 Å². The number of hydrogen-bond donors (Lipinski definition) is 3. The van der Waals surface area contributed by atoms with Crippen LogP contribution in [0.25, 0.3) is 39.3 Å². The molecule has 5 heterocycles. The highest BCUT2D eigenvalue weighted by Crippen LogP contribution is 2.33. The molecular weight excluding hydrogens is 478 g/mol. The van der Waals surface area contributed by atoms with Crippen LogP contribution in [0.4, 0.5) is 5.69 Å². The molecule has 0 aromatic carbocycles. The van der Waals surface area contributed by atoms with Gasteiger partial charge in [-0.25, -0.2) is 4.98 Å². The number of fused-ring (bicyclic) bond motifs is 1. The van der Waals surface area contributed by atoms with Crippen LogP contribution in [0, 0.1) is 12.3 Å². The summed E-state index contributed by atoms with van der Waals surface area (Å²) in [7, 11) is 0. The second-order valence-electron chi connectivity index (χ2n) is 9.89. The fraction of sp³-hybridized carbons (Fsp3) is 0.172. The van der Waals surface area contributed by atoms with Crippen molar-refractivity contribution in [1.29, 1.82) is 0 Å². The SMILES string of the molecule is C=C/C=C(/c1ccsc1)c1nc(-c2n[nH]c3cnc(-c4cncc(NC(=C)C(C)(C)C)c4)cc23)[nH]c1C. The Labute approximate surface area is 220 Å². The van der Waals surface area contributed by atoms with Crippen LogP contribution in [-0.2, 0) is 0 Å². The number of aromatic nitrogens is 6. The quantitative estimate of drug-likeness (QED) is 0.200. The largest absolute Gasteiger partial charge is 0.358 e. The van der Waals surface area contributed by atoms with Crippen molar-refractivity contribution in [2.24, 2.45) is 5.41 Å². The van der Waals surface area contributed by atoms with Gasteiger partial charge in [0.05, 0.1) is 35.0 Å². The van der Waals surface area contributed by atoms with Crippen molar-refractivity contribution < 1.29 is 0 Å². The molecule has 0 aliphatic carbocycles. The molecule has 5 rings (SSSR count). The smallest absolute Gasteiger partial charge is 0.159 e. The first-order valence-electron chi connectivity index (χ1n) is 11.9. The molecule has 0 unspecified atom stereocenters. The number of imidazole rings is 1. The van der Waals surface area contributed by atoms with E-state index in [0.29, 0.717) is 5.82 Å². The summed E-state index contributed by atoms with van der Waals surface area (Å²) in [6.07, 6.45) is 9.16. The first-order valence-corrected chi connectivity index (χ1v) is 12.9. The van der Waals surface area contributed by atoms with Crippen LogP contribution < -0.4 is 5.32 Å². The van der Waals surface area contributed by atoms with Crippen LogP contribution in [-0.4, -0.2) is 30.1 Å². The van der Waals surface area contributed by atoms with Gasteiger partial charge in [0.2, 0.25) is 0 Å². The highest BCUT2D eigenvalue weighted by Gasteiger charge is 2.19. The summed E-state index contributed by atoms with van der Waals surface area (Å²) in [6.45, 7) is 16.4. The number of aryl methyl sites for hydroxylation is 1. The molecule has 0 aliphatic heterocycles. The zero-order valence-corrected chi connectivity index (χ0v) is 22.2. The number of hydrogen-bond acceptors (Lipinski definition) is 6. The lowest BCUT2D eigenvalue weighted by molar-refractivity contribution is 0.509. The third-order valence-corrected chi connectivity index (χ3v) is 6.85. The van der Waals surface area contributed by atoms with Gasteiger partial charge in [-0.1, -0.05) is 46.1 Å². The Kier molecular flexibility index (Phi) is 6.35. The van der Waals surface area contributed by atoms with Crippen molar-refractivity contribution in [3.63, 3.8) is 0 Å². The zero-order valence-electron chi connectivity index (χ0n) is 21.4. The van der Waals surface area contributed by atoms with E-state index in [2.05, 4.69) is 81.2 Å². The highest BCUT2D eigenvalue weighted by molar-refractivity contribution is 7.08. The number of aromatic amines is 2. The second kappa shape index (κ2) is 9.63. The molecule has 0 saturated heterocycles. The van der Waals surface area contributed by atoms with Gasteiger partial charge >= 0.3 is 0 Å². The van der Waals surface area contributed by atoms with Gasteiger partial charge in [-0.2, -0.15) is 16.4 Å². The summed E-state index contributed by atoms with van der Waals surface area (Å²) >= 11 is 1.65. The van der Waals surface area contributed by atoms with E-state index < -0.39 is 0 Å². The minimum atomic E-state index is -0.0664.